The lowest BCUT2D eigenvalue weighted by Gasteiger charge is -2.19. The van der Waals surface area contributed by atoms with E-state index in [1.807, 2.05) is 31.2 Å². The first-order chi connectivity index (χ1) is 8.93. The van der Waals surface area contributed by atoms with Gasteiger partial charge in [-0.25, -0.2) is 0 Å². The second kappa shape index (κ2) is 7.14. The fourth-order valence-electron chi connectivity index (χ4n) is 1.93. The first-order valence-electron chi connectivity index (χ1n) is 6.64. The summed E-state index contributed by atoms with van der Waals surface area (Å²) in [4.78, 5) is 11.9. The minimum Gasteiger partial charge on any atom is -0.497 e. The van der Waals surface area contributed by atoms with Gasteiger partial charge in [0.2, 0.25) is 5.91 Å². The lowest BCUT2D eigenvalue weighted by Crippen LogP contribution is -2.42. The molecule has 1 amide bonds. The second-order valence-electron chi connectivity index (χ2n) is 5.24. The molecule has 0 spiro atoms. The zero-order valence-electron chi connectivity index (χ0n) is 12.1. The summed E-state index contributed by atoms with van der Waals surface area (Å²) in [5, 5.41) is 2.93. The third kappa shape index (κ3) is 4.91. The van der Waals surface area contributed by atoms with Gasteiger partial charge in [-0.1, -0.05) is 26.0 Å². The van der Waals surface area contributed by atoms with Gasteiger partial charge < -0.3 is 15.8 Å². The molecule has 4 heteroatoms. The molecule has 3 N–H and O–H groups in total. The summed E-state index contributed by atoms with van der Waals surface area (Å²) in [7, 11) is 1.63. The fraction of sp³-hybridized carbons (Fsp3) is 0.533. The number of nitrogens with two attached hydrogens (primary N) is 1. The van der Waals surface area contributed by atoms with Gasteiger partial charge in [-0.05, 0) is 37.0 Å². The number of hydrogen-bond acceptors (Lipinski definition) is 3. The molecule has 19 heavy (non-hydrogen) atoms. The minimum atomic E-state index is -0.451. The Labute approximate surface area is 115 Å². The van der Waals surface area contributed by atoms with E-state index in [9.17, 15) is 4.79 Å². The molecule has 4 nitrogen and oxygen atoms in total. The molecule has 1 aromatic carbocycles. The van der Waals surface area contributed by atoms with Gasteiger partial charge in [-0.3, -0.25) is 4.79 Å². The fourth-order valence-corrected chi connectivity index (χ4v) is 1.93. The molecule has 0 aliphatic carbocycles. The molecule has 0 radical (unpaired) electrons. The molecule has 0 fully saturated rings. The monoisotopic (exact) mass is 264 g/mol. The highest BCUT2D eigenvalue weighted by atomic mass is 16.5. The van der Waals surface area contributed by atoms with Crippen LogP contribution in [0.3, 0.4) is 0 Å². The topological polar surface area (TPSA) is 64.3 Å². The van der Waals surface area contributed by atoms with Crippen LogP contribution < -0.4 is 15.8 Å². The largest absolute Gasteiger partial charge is 0.497 e. The van der Waals surface area contributed by atoms with E-state index in [0.29, 0.717) is 12.3 Å². The summed E-state index contributed by atoms with van der Waals surface area (Å²) in [5.41, 5.74) is 6.87. The van der Waals surface area contributed by atoms with E-state index in [1.54, 1.807) is 7.11 Å². The van der Waals surface area contributed by atoms with E-state index in [4.69, 9.17) is 10.5 Å². The van der Waals surface area contributed by atoms with Crippen molar-refractivity contribution in [3.05, 3.63) is 29.8 Å². The number of ether oxygens (including phenoxy) is 1. The predicted molar refractivity (Wildman–Crippen MR) is 77.0 cm³/mol. The molecule has 0 saturated heterocycles. The highest BCUT2D eigenvalue weighted by Gasteiger charge is 2.17. The van der Waals surface area contributed by atoms with Crippen LogP contribution in [0.25, 0.3) is 0 Å². The third-order valence-corrected chi connectivity index (χ3v) is 3.01. The molecule has 0 heterocycles. The number of methoxy groups -OCH3 is 1. The van der Waals surface area contributed by atoms with Gasteiger partial charge in [0.05, 0.1) is 19.2 Å². The van der Waals surface area contributed by atoms with Gasteiger partial charge in [0, 0.05) is 0 Å². The molecular formula is C15H24N2O2. The van der Waals surface area contributed by atoms with E-state index in [2.05, 4.69) is 19.2 Å². The number of amides is 1. The molecule has 106 valence electrons. The highest BCUT2D eigenvalue weighted by Crippen LogP contribution is 2.18. The summed E-state index contributed by atoms with van der Waals surface area (Å²) in [6, 6.07) is 7.13. The maximum atomic E-state index is 11.9. The number of hydrogen-bond donors (Lipinski definition) is 2. The van der Waals surface area contributed by atoms with Crippen LogP contribution in [-0.4, -0.2) is 19.1 Å². The smallest absolute Gasteiger partial charge is 0.237 e. The van der Waals surface area contributed by atoms with Crippen molar-refractivity contribution in [3.8, 4) is 5.75 Å². The summed E-state index contributed by atoms with van der Waals surface area (Å²) >= 11 is 0. The Morgan fingerprint density at radius 3 is 2.63 bits per heavy atom. The molecule has 0 aliphatic rings. The average Bonchev–Trinajstić information content (AvgIpc) is 2.37. The van der Waals surface area contributed by atoms with Gasteiger partial charge in [0.25, 0.3) is 0 Å². The maximum Gasteiger partial charge on any atom is 0.237 e. The van der Waals surface area contributed by atoms with Crippen LogP contribution in [0.4, 0.5) is 0 Å². The first-order valence-corrected chi connectivity index (χ1v) is 6.64. The molecule has 0 aliphatic heterocycles. The van der Waals surface area contributed by atoms with Gasteiger partial charge in [0.15, 0.2) is 0 Å². The molecule has 0 bridgehead atoms. The van der Waals surface area contributed by atoms with Crippen molar-refractivity contribution in [1.82, 2.24) is 5.32 Å². The van der Waals surface area contributed by atoms with Crippen molar-refractivity contribution < 1.29 is 9.53 Å². The van der Waals surface area contributed by atoms with E-state index >= 15 is 0 Å². The van der Waals surface area contributed by atoms with Crippen LogP contribution in [0.15, 0.2) is 24.3 Å². The van der Waals surface area contributed by atoms with Gasteiger partial charge >= 0.3 is 0 Å². The number of nitrogens with one attached hydrogen (secondary N) is 1. The van der Waals surface area contributed by atoms with E-state index < -0.39 is 6.04 Å². The van der Waals surface area contributed by atoms with Crippen LogP contribution in [0.2, 0.25) is 0 Å². The summed E-state index contributed by atoms with van der Waals surface area (Å²) < 4.78 is 5.17. The van der Waals surface area contributed by atoms with Crippen molar-refractivity contribution in [1.29, 1.82) is 0 Å². The van der Waals surface area contributed by atoms with Crippen LogP contribution in [-0.2, 0) is 4.79 Å². The first kappa shape index (κ1) is 15.5. The third-order valence-electron chi connectivity index (χ3n) is 3.01. The number of benzene rings is 1. The zero-order valence-corrected chi connectivity index (χ0v) is 12.1. The van der Waals surface area contributed by atoms with Crippen LogP contribution >= 0.6 is 0 Å². The Morgan fingerprint density at radius 1 is 1.37 bits per heavy atom. The minimum absolute atomic E-state index is 0.0826. The molecule has 1 aromatic rings. The Morgan fingerprint density at radius 2 is 2.05 bits per heavy atom. The molecular weight excluding hydrogens is 240 g/mol. The Hall–Kier alpha value is -1.55. The number of carbonyl (C=O) groups excluding carboxylic acids is 1. The van der Waals surface area contributed by atoms with Crippen LogP contribution in [0.1, 0.15) is 38.8 Å². The Bertz CT molecular complexity index is 418. The molecule has 2 atom stereocenters. The SMILES string of the molecule is COc1cccc([C@@H](C)NC(=O)[C@@H](N)CC(C)C)c1. The van der Waals surface area contributed by atoms with Crippen molar-refractivity contribution in [2.75, 3.05) is 7.11 Å². The normalized spacial score (nSPS) is 14.0. The second-order valence-corrected chi connectivity index (χ2v) is 5.24. The summed E-state index contributed by atoms with van der Waals surface area (Å²) in [6.07, 6.45) is 0.691. The van der Waals surface area contributed by atoms with E-state index in [0.717, 1.165) is 11.3 Å². The van der Waals surface area contributed by atoms with Crippen molar-refractivity contribution in [3.63, 3.8) is 0 Å². The Kier molecular flexibility index (Phi) is 5.83. The van der Waals surface area contributed by atoms with Crippen LogP contribution in [0, 0.1) is 5.92 Å². The zero-order chi connectivity index (χ0) is 14.4. The average molecular weight is 264 g/mol. The van der Waals surface area contributed by atoms with Crippen LogP contribution in [0.5, 0.6) is 5.75 Å². The molecule has 1 rings (SSSR count). The van der Waals surface area contributed by atoms with Gasteiger partial charge in [0.1, 0.15) is 5.75 Å². The Balaban J connectivity index is 2.63. The molecule has 0 saturated carbocycles. The molecule has 0 unspecified atom stereocenters. The number of carbonyl (C=O) groups is 1. The quantitative estimate of drug-likeness (QED) is 0.828. The summed E-state index contributed by atoms with van der Waals surface area (Å²) in [6.45, 7) is 6.05. The summed E-state index contributed by atoms with van der Waals surface area (Å²) in [5.74, 6) is 1.09. The lowest BCUT2D eigenvalue weighted by molar-refractivity contribution is -0.123. The standard InChI is InChI=1S/C15H24N2O2/c1-10(2)8-14(16)15(18)17-11(3)12-6-5-7-13(9-12)19-4/h5-7,9-11,14H,8,16H2,1-4H3,(H,17,18)/t11-,14+/m1/s1. The van der Waals surface area contributed by atoms with Gasteiger partial charge in [-0.2, -0.15) is 0 Å². The van der Waals surface area contributed by atoms with E-state index in [-0.39, 0.29) is 11.9 Å². The predicted octanol–water partition coefficient (Wildman–Crippen LogP) is 2.25. The molecule has 0 aromatic heterocycles. The van der Waals surface area contributed by atoms with Crippen molar-refractivity contribution >= 4 is 5.91 Å². The van der Waals surface area contributed by atoms with Crippen molar-refractivity contribution in [2.45, 2.75) is 39.3 Å². The van der Waals surface area contributed by atoms with Gasteiger partial charge in [-0.15, -0.1) is 0 Å². The lowest BCUT2D eigenvalue weighted by atomic mass is 10.0. The van der Waals surface area contributed by atoms with E-state index in [1.165, 1.54) is 0 Å². The maximum absolute atomic E-state index is 11.9. The highest BCUT2D eigenvalue weighted by molar-refractivity contribution is 5.81. The van der Waals surface area contributed by atoms with Crippen molar-refractivity contribution in [2.24, 2.45) is 11.7 Å². The number of rotatable bonds is 6.